The molecule has 0 atom stereocenters. The van der Waals surface area contributed by atoms with E-state index in [4.69, 9.17) is 13.9 Å². The molecule has 150 valence electrons. The first-order valence-corrected chi connectivity index (χ1v) is 10.8. The zero-order valence-corrected chi connectivity index (χ0v) is 17.1. The molecule has 0 bridgehead atoms. The Morgan fingerprint density at radius 1 is 0.964 bits per heavy atom. The highest BCUT2D eigenvalue weighted by Gasteiger charge is 2.20. The van der Waals surface area contributed by atoms with Gasteiger partial charge in [-0.15, -0.1) is 0 Å². The van der Waals surface area contributed by atoms with Crippen molar-refractivity contribution in [1.29, 1.82) is 0 Å². The molecule has 0 fully saturated rings. The molecule has 0 aromatic heterocycles. The van der Waals surface area contributed by atoms with Gasteiger partial charge in [0.2, 0.25) is 0 Å². The molecule has 2 aromatic rings. The van der Waals surface area contributed by atoms with Gasteiger partial charge in [0.15, 0.2) is 0 Å². The largest absolute Gasteiger partial charge is 0.353 e. The normalized spacial score (nSPS) is 11.6. The van der Waals surface area contributed by atoms with Crippen LogP contribution in [0.2, 0.25) is 0 Å². The molecule has 7 heteroatoms. The van der Waals surface area contributed by atoms with Crippen LogP contribution in [0.1, 0.15) is 29.8 Å². The minimum Gasteiger partial charge on any atom is -0.306 e. The molecule has 0 heterocycles. The molecule has 0 aliphatic rings. The molecule has 2 rings (SSSR count). The van der Waals surface area contributed by atoms with Crippen molar-refractivity contribution in [1.82, 2.24) is 5.06 Å². The first-order valence-electron chi connectivity index (χ1n) is 9.18. The monoisotopic (exact) mass is 403 g/mol. The Kier molecular flexibility index (Phi) is 9.11. The first-order chi connectivity index (χ1) is 13.6. The molecule has 6 nitrogen and oxygen atoms in total. The lowest BCUT2D eigenvalue weighted by atomic mass is 10.2. The van der Waals surface area contributed by atoms with Crippen LogP contribution >= 0.6 is 7.60 Å². The van der Waals surface area contributed by atoms with Gasteiger partial charge in [-0.1, -0.05) is 54.6 Å². The second-order valence-electron chi connectivity index (χ2n) is 5.75. The van der Waals surface area contributed by atoms with E-state index in [0.29, 0.717) is 5.56 Å². The van der Waals surface area contributed by atoms with Gasteiger partial charge in [-0.2, -0.15) is 0 Å². The van der Waals surface area contributed by atoms with Crippen LogP contribution in [0.25, 0.3) is 0 Å². The summed E-state index contributed by atoms with van der Waals surface area (Å²) in [6.45, 7) is 4.35. The molecule has 0 saturated carbocycles. The Balaban J connectivity index is 2.12. The third-order valence-corrected chi connectivity index (χ3v) is 5.47. The number of amides is 1. The van der Waals surface area contributed by atoms with Crippen molar-refractivity contribution >= 4 is 13.5 Å². The highest BCUT2D eigenvalue weighted by Crippen LogP contribution is 2.49. The van der Waals surface area contributed by atoms with Crippen LogP contribution in [0.5, 0.6) is 0 Å². The van der Waals surface area contributed by atoms with Crippen molar-refractivity contribution in [2.45, 2.75) is 20.5 Å². The Hall–Kier alpha value is -2.24. The van der Waals surface area contributed by atoms with Crippen molar-refractivity contribution in [3.8, 4) is 0 Å². The van der Waals surface area contributed by atoms with Gasteiger partial charge >= 0.3 is 7.60 Å². The summed E-state index contributed by atoms with van der Waals surface area (Å²) in [6.07, 6.45) is 1.57. The number of hydrogen-bond donors (Lipinski definition) is 0. The summed E-state index contributed by atoms with van der Waals surface area (Å²) >= 11 is 0. The van der Waals surface area contributed by atoms with Crippen molar-refractivity contribution < 1.29 is 23.2 Å². The van der Waals surface area contributed by atoms with Gasteiger partial charge in [-0.3, -0.25) is 14.2 Å². The van der Waals surface area contributed by atoms with E-state index in [9.17, 15) is 9.36 Å². The van der Waals surface area contributed by atoms with Crippen LogP contribution in [0.4, 0.5) is 0 Å². The molecular formula is C21H26NO5P. The average molecular weight is 403 g/mol. The van der Waals surface area contributed by atoms with Gasteiger partial charge in [0, 0.05) is 11.4 Å². The Bertz CT molecular complexity index is 785. The second-order valence-corrected chi connectivity index (χ2v) is 7.65. The zero-order chi connectivity index (χ0) is 20.2. The number of nitrogens with zero attached hydrogens (tertiary/aromatic N) is 1. The average Bonchev–Trinajstić information content (AvgIpc) is 2.72. The topological polar surface area (TPSA) is 65.1 Å². The van der Waals surface area contributed by atoms with Gasteiger partial charge in [-0.05, 0) is 31.5 Å². The molecule has 0 spiro atoms. The van der Waals surface area contributed by atoms with Gasteiger partial charge in [0.05, 0.1) is 19.8 Å². The number of carbonyl (C=O) groups is 1. The van der Waals surface area contributed by atoms with E-state index in [2.05, 4.69) is 0 Å². The van der Waals surface area contributed by atoms with Crippen molar-refractivity contribution in [2.24, 2.45) is 0 Å². The van der Waals surface area contributed by atoms with Crippen LogP contribution < -0.4 is 0 Å². The van der Waals surface area contributed by atoms with Gasteiger partial charge in [0.1, 0.15) is 6.61 Å². The Morgan fingerprint density at radius 2 is 1.54 bits per heavy atom. The lowest BCUT2D eigenvalue weighted by Gasteiger charge is -2.21. The molecule has 0 radical (unpaired) electrons. The van der Waals surface area contributed by atoms with Crippen LogP contribution in [-0.2, 0) is 25.1 Å². The van der Waals surface area contributed by atoms with Crippen LogP contribution in [0.15, 0.2) is 72.6 Å². The predicted molar refractivity (Wildman–Crippen MR) is 109 cm³/mol. The predicted octanol–water partition coefficient (Wildman–Crippen LogP) is 5.04. The van der Waals surface area contributed by atoms with Gasteiger partial charge in [0.25, 0.3) is 5.91 Å². The van der Waals surface area contributed by atoms with Gasteiger partial charge < -0.3 is 9.05 Å². The quantitative estimate of drug-likeness (QED) is 0.388. The van der Waals surface area contributed by atoms with Crippen LogP contribution in [0, 0.1) is 0 Å². The molecule has 0 saturated heterocycles. The maximum absolute atomic E-state index is 12.8. The highest BCUT2D eigenvalue weighted by molar-refractivity contribution is 7.57. The zero-order valence-electron chi connectivity index (χ0n) is 16.2. The number of rotatable bonds is 11. The molecule has 0 N–H and O–H groups in total. The molecule has 2 aromatic carbocycles. The lowest BCUT2D eigenvalue weighted by Crippen LogP contribution is -2.31. The summed E-state index contributed by atoms with van der Waals surface area (Å²) in [5.41, 5.74) is 1.44. The number of carbonyl (C=O) groups excluding carboxylic acids is 1. The molecule has 0 aliphatic carbocycles. The molecule has 1 amide bonds. The molecular weight excluding hydrogens is 377 g/mol. The third kappa shape index (κ3) is 7.06. The smallest absolute Gasteiger partial charge is 0.306 e. The Morgan fingerprint density at radius 3 is 2.11 bits per heavy atom. The summed E-state index contributed by atoms with van der Waals surface area (Å²) < 4.78 is 23.0. The van der Waals surface area contributed by atoms with E-state index in [1.165, 1.54) is 10.9 Å². The Labute approximate surface area is 166 Å². The fraction of sp³-hybridized carbons (Fsp3) is 0.286. The first kappa shape index (κ1) is 22.1. The summed E-state index contributed by atoms with van der Waals surface area (Å²) in [7, 11) is -3.33. The van der Waals surface area contributed by atoms with E-state index < -0.39 is 7.60 Å². The number of hydroxylamine groups is 2. The minimum atomic E-state index is -3.33. The second kappa shape index (κ2) is 11.6. The fourth-order valence-corrected chi connectivity index (χ4v) is 3.72. The molecule has 0 unspecified atom stereocenters. The van der Waals surface area contributed by atoms with Crippen LogP contribution in [0.3, 0.4) is 0 Å². The van der Waals surface area contributed by atoms with E-state index >= 15 is 0 Å². The SMILES string of the molecule is CCOP(=O)(/C=C/CN(OCc1ccccc1)C(=O)c1ccccc1)OCC. The molecule has 0 aliphatic heterocycles. The summed E-state index contributed by atoms with van der Waals surface area (Å²) in [6, 6.07) is 18.4. The van der Waals surface area contributed by atoms with Gasteiger partial charge in [-0.25, -0.2) is 5.06 Å². The number of benzene rings is 2. The lowest BCUT2D eigenvalue weighted by molar-refractivity contribution is -0.126. The van der Waals surface area contributed by atoms with E-state index in [-0.39, 0.29) is 32.3 Å². The summed E-state index contributed by atoms with van der Waals surface area (Å²) in [5, 5.41) is 1.24. The summed E-state index contributed by atoms with van der Waals surface area (Å²) in [5.74, 6) is 1.08. The van der Waals surface area contributed by atoms with Crippen molar-refractivity contribution in [2.75, 3.05) is 19.8 Å². The standard InChI is InChI=1S/C21H26NO5P/c1-3-26-28(24,27-4-2)17-11-16-22(21(23)20-14-9-6-10-15-20)25-18-19-12-7-5-8-13-19/h5-15,17H,3-4,16,18H2,1-2H3/b17-11+. The minimum absolute atomic E-state index is 0.102. The maximum Gasteiger partial charge on any atom is 0.353 e. The maximum atomic E-state index is 12.8. The van der Waals surface area contributed by atoms with Crippen molar-refractivity contribution in [3.63, 3.8) is 0 Å². The van der Waals surface area contributed by atoms with E-state index in [0.717, 1.165) is 5.56 Å². The third-order valence-electron chi connectivity index (χ3n) is 3.65. The summed E-state index contributed by atoms with van der Waals surface area (Å²) in [4.78, 5) is 18.5. The number of hydrogen-bond acceptors (Lipinski definition) is 5. The van der Waals surface area contributed by atoms with Crippen molar-refractivity contribution in [3.05, 3.63) is 83.7 Å². The molecule has 28 heavy (non-hydrogen) atoms. The van der Waals surface area contributed by atoms with Crippen LogP contribution in [-0.4, -0.2) is 30.7 Å². The van der Waals surface area contributed by atoms with E-state index in [1.807, 2.05) is 36.4 Å². The fourth-order valence-electron chi connectivity index (χ4n) is 2.40. The van der Waals surface area contributed by atoms with E-state index in [1.54, 1.807) is 44.2 Å². The highest BCUT2D eigenvalue weighted by atomic mass is 31.2.